The monoisotopic (exact) mass is 660 g/mol. The Morgan fingerprint density at radius 2 is 1.97 bits per heavy atom. The number of carbonyl (C=O) groups is 3. The number of methoxy groups -OCH3 is 1. The molecule has 1 aliphatic rings. The molecule has 0 bridgehead atoms. The molecular weight excluding hydrogens is 619 g/mol. The zero-order chi connectivity index (χ0) is 29.1. The zero-order valence-corrected chi connectivity index (χ0v) is 25.5. The van der Waals surface area contributed by atoms with Crippen LogP contribution in [-0.4, -0.2) is 91.0 Å². The summed E-state index contributed by atoms with van der Waals surface area (Å²) in [5, 5.41) is 23.4. The van der Waals surface area contributed by atoms with Crippen LogP contribution in [-0.2, 0) is 14.3 Å². The topological polar surface area (TPSA) is 135 Å². The van der Waals surface area contributed by atoms with Crippen LogP contribution in [0, 0.1) is 9.49 Å². The third-order valence-electron chi connectivity index (χ3n) is 6.15. The average Bonchev–Trinajstić information content (AvgIpc) is 2.88. The number of amides is 2. The third-order valence-corrected chi connectivity index (χ3v) is 6.96. The molecule has 0 heterocycles. The predicted molar refractivity (Wildman–Crippen MR) is 155 cm³/mol. The molecule has 1 aromatic rings. The second kappa shape index (κ2) is 16.1. The normalized spacial score (nSPS) is 19.0. The number of aliphatic hydroxyl groups is 2. The molecule has 2 amide bonds. The van der Waals surface area contributed by atoms with Gasteiger partial charge in [-0.15, -0.1) is 0 Å². The number of aliphatic hydroxyl groups excluding tert-OH is 2. The molecule has 1 aliphatic carbocycles. The van der Waals surface area contributed by atoms with Crippen molar-refractivity contribution >= 4 is 40.7 Å². The largest absolute Gasteiger partial charge is 0.493 e. The van der Waals surface area contributed by atoms with Crippen molar-refractivity contribution in [3.8, 4) is 11.5 Å². The maximum absolute atomic E-state index is 13.4. The molecule has 11 heteroatoms. The summed E-state index contributed by atoms with van der Waals surface area (Å²) in [6.45, 7) is 8.41. The number of aldehydes is 1. The van der Waals surface area contributed by atoms with Crippen molar-refractivity contribution in [3.05, 3.63) is 32.9 Å². The predicted octanol–water partition coefficient (Wildman–Crippen LogP) is 2.72. The average molecular weight is 661 g/mol. The van der Waals surface area contributed by atoms with E-state index >= 15 is 0 Å². The minimum absolute atomic E-state index is 0.0516. The van der Waals surface area contributed by atoms with Gasteiger partial charge in [0.1, 0.15) is 18.5 Å². The molecule has 2 rings (SSSR count). The van der Waals surface area contributed by atoms with Gasteiger partial charge in [0.05, 0.1) is 29.4 Å². The van der Waals surface area contributed by atoms with E-state index in [4.69, 9.17) is 14.2 Å². The van der Waals surface area contributed by atoms with Gasteiger partial charge in [-0.3, -0.25) is 14.4 Å². The summed E-state index contributed by atoms with van der Waals surface area (Å²) < 4.78 is 17.9. The van der Waals surface area contributed by atoms with E-state index in [-0.39, 0.29) is 43.9 Å². The summed E-state index contributed by atoms with van der Waals surface area (Å²) in [5.41, 5.74) is 0.738. The number of halogens is 1. The van der Waals surface area contributed by atoms with Crippen LogP contribution in [0.4, 0.5) is 0 Å². The first-order valence-corrected chi connectivity index (χ1v) is 14.3. The molecule has 0 radical (unpaired) electrons. The van der Waals surface area contributed by atoms with E-state index < -0.39 is 24.2 Å². The summed E-state index contributed by atoms with van der Waals surface area (Å²) in [4.78, 5) is 39.3. The van der Waals surface area contributed by atoms with Gasteiger partial charge in [0.15, 0.2) is 11.5 Å². The lowest BCUT2D eigenvalue weighted by Crippen LogP contribution is -2.55. The van der Waals surface area contributed by atoms with Gasteiger partial charge in [-0.05, 0) is 67.0 Å². The second-order valence-electron chi connectivity index (χ2n) is 10.1. The molecule has 0 spiro atoms. The molecule has 0 saturated heterocycles. The first-order chi connectivity index (χ1) is 18.5. The molecule has 10 nitrogen and oxygen atoms in total. The fraction of sp³-hybridized carbons (Fsp3) is 0.607. The van der Waals surface area contributed by atoms with Gasteiger partial charge < -0.3 is 34.6 Å². The van der Waals surface area contributed by atoms with E-state index in [1.807, 2.05) is 50.3 Å². The molecule has 218 valence electrons. The highest BCUT2D eigenvalue weighted by Crippen LogP contribution is 2.37. The van der Waals surface area contributed by atoms with Gasteiger partial charge in [-0.1, -0.05) is 13.8 Å². The number of hydrogen-bond donors (Lipinski definition) is 3. The molecule has 0 saturated carbocycles. The highest BCUT2D eigenvalue weighted by atomic mass is 127. The molecule has 3 N–H and O–H groups in total. The van der Waals surface area contributed by atoms with E-state index in [0.717, 1.165) is 0 Å². The molecule has 0 aromatic heterocycles. The fourth-order valence-corrected chi connectivity index (χ4v) is 5.09. The standard InChI is InChI=1S/C28H41IN2O8/c1-17(2)11-25(34)31(8-6-10-38-18(3)4)22-14-20(28(36)30-7-9-32)15-23(26(22)35)39-27-21(29)12-19(16-33)13-24(27)37-5/h12-13,15-18,22-23,26,32,35H,6-11,14H2,1-5H3,(H,30,36). The maximum Gasteiger partial charge on any atom is 0.247 e. The van der Waals surface area contributed by atoms with Gasteiger partial charge in [0.2, 0.25) is 11.8 Å². The van der Waals surface area contributed by atoms with E-state index in [9.17, 15) is 24.6 Å². The van der Waals surface area contributed by atoms with Crippen LogP contribution >= 0.6 is 22.6 Å². The Balaban J connectivity index is 2.47. The Kier molecular flexibility index (Phi) is 13.7. The van der Waals surface area contributed by atoms with E-state index in [2.05, 4.69) is 5.32 Å². The smallest absolute Gasteiger partial charge is 0.247 e. The van der Waals surface area contributed by atoms with Crippen LogP contribution in [0.2, 0.25) is 0 Å². The van der Waals surface area contributed by atoms with Crippen LogP contribution in [0.25, 0.3) is 0 Å². The number of nitrogens with one attached hydrogen (secondary N) is 1. The lowest BCUT2D eigenvalue weighted by atomic mass is 9.87. The Morgan fingerprint density at radius 3 is 2.56 bits per heavy atom. The first kappa shape index (κ1) is 33.0. The Morgan fingerprint density at radius 1 is 1.26 bits per heavy atom. The number of benzene rings is 1. The Labute approximate surface area is 244 Å². The first-order valence-electron chi connectivity index (χ1n) is 13.2. The maximum atomic E-state index is 13.4. The number of carbonyl (C=O) groups excluding carboxylic acids is 3. The van der Waals surface area contributed by atoms with Crippen LogP contribution < -0.4 is 14.8 Å². The Hall–Kier alpha value is -2.22. The summed E-state index contributed by atoms with van der Waals surface area (Å²) in [6.07, 6.45) is 1.10. The summed E-state index contributed by atoms with van der Waals surface area (Å²) in [6, 6.07) is 2.42. The van der Waals surface area contributed by atoms with Crippen molar-refractivity contribution < 1.29 is 38.8 Å². The number of ether oxygens (including phenoxy) is 3. The lowest BCUT2D eigenvalue weighted by molar-refractivity contribution is -0.139. The van der Waals surface area contributed by atoms with Gasteiger partial charge >= 0.3 is 0 Å². The molecule has 0 fully saturated rings. The molecule has 39 heavy (non-hydrogen) atoms. The zero-order valence-electron chi connectivity index (χ0n) is 23.3. The van der Waals surface area contributed by atoms with Crippen LogP contribution in [0.1, 0.15) is 57.3 Å². The van der Waals surface area contributed by atoms with Crippen LogP contribution in [0.5, 0.6) is 11.5 Å². The number of hydrogen-bond acceptors (Lipinski definition) is 8. The molecule has 1 aromatic carbocycles. The fourth-order valence-electron chi connectivity index (χ4n) is 4.33. The number of nitrogens with zero attached hydrogens (tertiary/aromatic N) is 1. The van der Waals surface area contributed by atoms with Gasteiger partial charge in [-0.25, -0.2) is 0 Å². The third kappa shape index (κ3) is 9.73. The molecular formula is C28H41IN2O8. The van der Waals surface area contributed by atoms with Crippen molar-refractivity contribution in [1.29, 1.82) is 0 Å². The summed E-state index contributed by atoms with van der Waals surface area (Å²) >= 11 is 2.02. The summed E-state index contributed by atoms with van der Waals surface area (Å²) in [5.74, 6) is 0.176. The quantitative estimate of drug-likeness (QED) is 0.149. The van der Waals surface area contributed by atoms with Gasteiger partial charge in [0, 0.05) is 43.7 Å². The van der Waals surface area contributed by atoms with E-state index in [1.165, 1.54) is 13.2 Å². The SMILES string of the molecule is COc1cc(C=O)cc(I)c1OC1C=C(C(=O)NCCO)CC(N(CCCOC(C)C)C(=O)CC(C)C)C1O. The Bertz CT molecular complexity index is 1010. The van der Waals surface area contributed by atoms with Gasteiger partial charge in [-0.2, -0.15) is 0 Å². The van der Waals surface area contributed by atoms with Crippen LogP contribution in [0.3, 0.4) is 0 Å². The van der Waals surface area contributed by atoms with Crippen molar-refractivity contribution in [1.82, 2.24) is 10.2 Å². The highest BCUT2D eigenvalue weighted by molar-refractivity contribution is 14.1. The highest BCUT2D eigenvalue weighted by Gasteiger charge is 2.40. The van der Waals surface area contributed by atoms with Crippen molar-refractivity contribution in [2.45, 2.75) is 71.3 Å². The molecule has 3 atom stereocenters. The van der Waals surface area contributed by atoms with E-state index in [0.29, 0.717) is 52.1 Å². The van der Waals surface area contributed by atoms with Gasteiger partial charge in [0.25, 0.3) is 0 Å². The van der Waals surface area contributed by atoms with Crippen molar-refractivity contribution in [2.75, 3.05) is 33.4 Å². The van der Waals surface area contributed by atoms with E-state index in [1.54, 1.807) is 17.0 Å². The summed E-state index contributed by atoms with van der Waals surface area (Å²) in [7, 11) is 1.45. The second-order valence-corrected chi connectivity index (χ2v) is 11.3. The molecule has 0 aliphatic heterocycles. The minimum Gasteiger partial charge on any atom is -0.493 e. The molecule has 3 unspecified atom stereocenters. The van der Waals surface area contributed by atoms with Crippen LogP contribution in [0.15, 0.2) is 23.8 Å². The van der Waals surface area contributed by atoms with Crippen molar-refractivity contribution in [3.63, 3.8) is 0 Å². The lowest BCUT2D eigenvalue weighted by Gasteiger charge is -2.41. The van der Waals surface area contributed by atoms with Crippen molar-refractivity contribution in [2.24, 2.45) is 5.92 Å². The minimum atomic E-state index is -1.16. The number of rotatable bonds is 15.